The van der Waals surface area contributed by atoms with Crippen LogP contribution in [0.4, 0.5) is 11.5 Å². The van der Waals surface area contributed by atoms with Crippen molar-refractivity contribution >= 4 is 45.0 Å². The van der Waals surface area contributed by atoms with Gasteiger partial charge in [-0.3, -0.25) is 4.79 Å². The fourth-order valence-corrected chi connectivity index (χ4v) is 4.12. The van der Waals surface area contributed by atoms with Crippen LogP contribution in [0.15, 0.2) is 5.76 Å². The molecule has 126 valence electrons. The van der Waals surface area contributed by atoms with Gasteiger partial charge in [-0.05, 0) is 13.0 Å². The van der Waals surface area contributed by atoms with Gasteiger partial charge < -0.3 is 25.8 Å². The average molecular weight is 346 g/mol. The number of ether oxygens (including phenoxy) is 2. The third-order valence-corrected chi connectivity index (χ3v) is 5.44. The summed E-state index contributed by atoms with van der Waals surface area (Å²) in [6.07, 6.45) is 1.96. The number of carbonyl (C=O) groups excluding carboxylic acids is 1. The number of pyridine rings is 1. The number of nitrogens with two attached hydrogens (primary N) is 2. The number of allylic oxidation sites excluding steroid dienone is 1. The minimum atomic E-state index is -0.523. The Balaban J connectivity index is 1.99. The molecule has 0 aliphatic carbocycles. The Morgan fingerprint density at radius 2 is 2.12 bits per heavy atom. The second-order valence-corrected chi connectivity index (χ2v) is 6.86. The molecule has 4 heterocycles. The second kappa shape index (κ2) is 5.64. The summed E-state index contributed by atoms with van der Waals surface area (Å²) in [4.78, 5) is 19.7. The molecule has 7 nitrogen and oxygen atoms in total. The van der Waals surface area contributed by atoms with Crippen LogP contribution in [0.2, 0.25) is 0 Å². The van der Waals surface area contributed by atoms with E-state index in [-0.39, 0.29) is 0 Å². The molecule has 0 atom stereocenters. The Morgan fingerprint density at radius 1 is 1.38 bits per heavy atom. The van der Waals surface area contributed by atoms with E-state index >= 15 is 0 Å². The van der Waals surface area contributed by atoms with Gasteiger partial charge in [0.1, 0.15) is 22.1 Å². The summed E-state index contributed by atoms with van der Waals surface area (Å²) in [6.45, 7) is 5.23. The van der Waals surface area contributed by atoms with Crippen LogP contribution < -0.4 is 16.4 Å². The summed E-state index contributed by atoms with van der Waals surface area (Å²) < 4.78 is 11.1. The molecule has 2 aliphatic rings. The van der Waals surface area contributed by atoms with E-state index in [9.17, 15) is 4.79 Å². The van der Waals surface area contributed by atoms with Gasteiger partial charge in [-0.15, -0.1) is 11.3 Å². The number of amides is 1. The van der Waals surface area contributed by atoms with Gasteiger partial charge in [0.15, 0.2) is 0 Å². The Hall–Kier alpha value is -2.32. The van der Waals surface area contributed by atoms with Crippen LogP contribution in [0.3, 0.4) is 0 Å². The summed E-state index contributed by atoms with van der Waals surface area (Å²) in [6, 6.07) is 0. The minimum absolute atomic E-state index is 0.358. The molecule has 4 N–H and O–H groups in total. The summed E-state index contributed by atoms with van der Waals surface area (Å²) in [5.74, 6) is 1.17. The molecule has 4 rings (SSSR count). The smallest absolute Gasteiger partial charge is 0.260 e. The van der Waals surface area contributed by atoms with Crippen molar-refractivity contribution in [2.75, 3.05) is 36.9 Å². The number of fused-ring (bicyclic) bond motifs is 3. The Kier molecular flexibility index (Phi) is 3.58. The van der Waals surface area contributed by atoms with Gasteiger partial charge in [0.05, 0.1) is 24.7 Å². The normalized spacial score (nSPS) is 17.4. The Bertz CT molecular complexity index is 868. The zero-order valence-electron chi connectivity index (χ0n) is 13.3. The summed E-state index contributed by atoms with van der Waals surface area (Å²) >= 11 is 1.25. The molecule has 8 heteroatoms. The number of nitrogens with zero attached hydrogens (tertiary/aromatic N) is 2. The van der Waals surface area contributed by atoms with Gasteiger partial charge in [0.25, 0.3) is 5.91 Å². The number of anilines is 2. The summed E-state index contributed by atoms with van der Waals surface area (Å²) in [5.41, 5.74) is 14.0. The van der Waals surface area contributed by atoms with Crippen molar-refractivity contribution in [3.8, 4) is 0 Å². The Morgan fingerprint density at radius 3 is 2.83 bits per heavy atom. The summed E-state index contributed by atoms with van der Waals surface area (Å²) in [5, 5.41) is 0.795. The first-order valence-electron chi connectivity index (χ1n) is 7.74. The second-order valence-electron chi connectivity index (χ2n) is 5.86. The zero-order chi connectivity index (χ0) is 16.8. The topological polar surface area (TPSA) is 104 Å². The molecule has 0 unspecified atom stereocenters. The van der Waals surface area contributed by atoms with Gasteiger partial charge in [-0.25, -0.2) is 4.98 Å². The van der Waals surface area contributed by atoms with E-state index in [0.717, 1.165) is 46.0 Å². The van der Waals surface area contributed by atoms with E-state index in [1.165, 1.54) is 11.3 Å². The number of hydrogen-bond acceptors (Lipinski definition) is 7. The van der Waals surface area contributed by atoms with E-state index in [1.54, 1.807) is 0 Å². The van der Waals surface area contributed by atoms with Crippen LogP contribution in [-0.4, -0.2) is 37.2 Å². The molecule has 0 saturated carbocycles. The third-order valence-electron chi connectivity index (χ3n) is 4.32. The molecule has 1 saturated heterocycles. The molecule has 2 aromatic heterocycles. The molecule has 2 aromatic rings. The lowest BCUT2D eigenvalue weighted by Gasteiger charge is -2.31. The number of aromatic nitrogens is 1. The highest BCUT2D eigenvalue weighted by Gasteiger charge is 2.27. The molecule has 0 spiro atoms. The first-order chi connectivity index (χ1) is 11.6. The van der Waals surface area contributed by atoms with Crippen molar-refractivity contribution in [2.45, 2.75) is 13.5 Å². The number of nitrogen functional groups attached to an aromatic ring is 1. The lowest BCUT2D eigenvalue weighted by atomic mass is 10.0. The lowest BCUT2D eigenvalue weighted by Crippen LogP contribution is -2.37. The van der Waals surface area contributed by atoms with Crippen molar-refractivity contribution in [3.63, 3.8) is 0 Å². The van der Waals surface area contributed by atoms with Gasteiger partial charge in [-0.2, -0.15) is 0 Å². The zero-order valence-corrected chi connectivity index (χ0v) is 14.1. The summed E-state index contributed by atoms with van der Waals surface area (Å²) in [7, 11) is 0. The third kappa shape index (κ3) is 2.30. The quantitative estimate of drug-likeness (QED) is 0.858. The van der Waals surface area contributed by atoms with Crippen LogP contribution in [0.5, 0.6) is 0 Å². The van der Waals surface area contributed by atoms with E-state index in [1.807, 2.05) is 13.0 Å². The lowest BCUT2D eigenvalue weighted by molar-refractivity contribution is 0.100. The first kappa shape index (κ1) is 15.2. The minimum Gasteiger partial charge on any atom is -0.493 e. The van der Waals surface area contributed by atoms with E-state index in [2.05, 4.69) is 4.90 Å². The largest absolute Gasteiger partial charge is 0.493 e. The number of primary amides is 1. The van der Waals surface area contributed by atoms with Crippen molar-refractivity contribution in [1.82, 2.24) is 4.98 Å². The van der Waals surface area contributed by atoms with Crippen LogP contribution >= 0.6 is 11.3 Å². The van der Waals surface area contributed by atoms with Gasteiger partial charge in [-0.1, -0.05) is 0 Å². The highest BCUT2D eigenvalue weighted by Crippen LogP contribution is 2.42. The standard InChI is InChI=1S/C16H18N4O3S/c1-8-6-9-10(7-23-8)15(20-2-4-22-5-3-20)19-16-11(9)12(17)13(24-16)14(18)21/h6H,2-5,7,17H2,1H3,(H2,18,21). The van der Waals surface area contributed by atoms with Crippen LogP contribution in [0.1, 0.15) is 27.7 Å². The molecule has 24 heavy (non-hydrogen) atoms. The average Bonchev–Trinajstić information content (AvgIpc) is 2.92. The number of rotatable bonds is 2. The van der Waals surface area contributed by atoms with E-state index < -0.39 is 5.91 Å². The maximum atomic E-state index is 11.7. The molecule has 1 fully saturated rings. The highest BCUT2D eigenvalue weighted by molar-refractivity contribution is 7.21. The monoisotopic (exact) mass is 346 g/mol. The molecule has 1 amide bonds. The maximum absolute atomic E-state index is 11.7. The fourth-order valence-electron chi connectivity index (χ4n) is 3.16. The van der Waals surface area contributed by atoms with Crippen LogP contribution in [0, 0.1) is 0 Å². The number of carbonyl (C=O) groups is 1. The van der Waals surface area contributed by atoms with Crippen LogP contribution in [0.25, 0.3) is 16.3 Å². The molecule has 0 bridgehead atoms. The van der Waals surface area contributed by atoms with Crippen LogP contribution in [-0.2, 0) is 16.1 Å². The van der Waals surface area contributed by atoms with Crippen molar-refractivity contribution in [1.29, 1.82) is 0 Å². The van der Waals surface area contributed by atoms with Gasteiger partial charge in [0, 0.05) is 29.6 Å². The number of hydrogen-bond donors (Lipinski definition) is 2. The Labute approximate surface area is 142 Å². The van der Waals surface area contributed by atoms with Crippen molar-refractivity contribution in [2.24, 2.45) is 5.73 Å². The molecule has 0 aromatic carbocycles. The van der Waals surface area contributed by atoms with Gasteiger partial charge in [0.2, 0.25) is 0 Å². The number of morpholine rings is 1. The first-order valence-corrected chi connectivity index (χ1v) is 8.56. The molecular weight excluding hydrogens is 328 g/mol. The highest BCUT2D eigenvalue weighted by atomic mass is 32.1. The fraction of sp³-hybridized carbons (Fsp3) is 0.375. The molecule has 2 aliphatic heterocycles. The predicted molar refractivity (Wildman–Crippen MR) is 94.0 cm³/mol. The van der Waals surface area contributed by atoms with E-state index in [4.69, 9.17) is 25.9 Å². The van der Waals surface area contributed by atoms with Gasteiger partial charge >= 0.3 is 0 Å². The SMILES string of the molecule is CC1=Cc2c(c(N3CCOCC3)nc3sc(C(N)=O)c(N)c23)CO1. The maximum Gasteiger partial charge on any atom is 0.260 e. The molecule has 0 radical (unpaired) electrons. The van der Waals surface area contributed by atoms with Crippen molar-refractivity contribution in [3.05, 3.63) is 21.8 Å². The predicted octanol–water partition coefficient (Wildman–Crippen LogP) is 1.70. The number of thiophene rings is 1. The van der Waals surface area contributed by atoms with E-state index in [0.29, 0.717) is 30.4 Å². The van der Waals surface area contributed by atoms with Crippen molar-refractivity contribution < 1.29 is 14.3 Å². The molecular formula is C16H18N4O3S.